The number of morpholine rings is 1. The number of imide groups is 1. The van der Waals surface area contributed by atoms with Gasteiger partial charge in [0, 0.05) is 19.6 Å². The number of hydrogen-bond donors (Lipinski definition) is 0. The molecule has 1 atom stereocenters. The fraction of sp³-hybridized carbons (Fsp3) is 0.500. The Bertz CT molecular complexity index is 512. The largest absolute Gasteiger partial charge is 0.379 e. The summed E-state index contributed by atoms with van der Waals surface area (Å²) in [5, 5.41) is 0. The monoisotopic (exact) mass is 288 g/mol. The Balaban J connectivity index is 1.61. The minimum Gasteiger partial charge on any atom is -0.379 e. The number of likely N-dealkylation sites (tertiary alicyclic amines) is 1. The fourth-order valence-corrected chi connectivity index (χ4v) is 2.96. The molecule has 2 fully saturated rings. The van der Waals surface area contributed by atoms with Gasteiger partial charge in [0.25, 0.3) is 0 Å². The second-order valence-corrected chi connectivity index (χ2v) is 5.49. The number of rotatable bonds is 4. The molecule has 0 radical (unpaired) electrons. The molecule has 3 rings (SSSR count). The molecule has 2 amide bonds. The van der Waals surface area contributed by atoms with Gasteiger partial charge in [-0.25, -0.2) is 0 Å². The second kappa shape index (κ2) is 6.37. The maximum atomic E-state index is 12.5. The van der Waals surface area contributed by atoms with Crippen LogP contribution >= 0.6 is 0 Å². The van der Waals surface area contributed by atoms with E-state index in [1.54, 1.807) is 0 Å². The first-order valence-electron chi connectivity index (χ1n) is 7.45. The molecule has 0 saturated carbocycles. The topological polar surface area (TPSA) is 49.9 Å². The molecule has 0 spiro atoms. The van der Waals surface area contributed by atoms with E-state index in [4.69, 9.17) is 4.74 Å². The summed E-state index contributed by atoms with van der Waals surface area (Å²) in [6.07, 6.45) is 1.03. The van der Waals surface area contributed by atoms with Gasteiger partial charge in [0.05, 0.1) is 25.7 Å². The van der Waals surface area contributed by atoms with Gasteiger partial charge in [-0.1, -0.05) is 30.3 Å². The Kier molecular flexibility index (Phi) is 4.31. The summed E-state index contributed by atoms with van der Waals surface area (Å²) in [5.41, 5.74) is 1.15. The number of hydrogen-bond acceptors (Lipinski definition) is 4. The highest BCUT2D eigenvalue weighted by Gasteiger charge is 2.41. The number of carbonyl (C=O) groups excluding carboxylic acids is 2. The van der Waals surface area contributed by atoms with Crippen molar-refractivity contribution < 1.29 is 14.3 Å². The average Bonchev–Trinajstić information content (AvgIpc) is 2.82. The lowest BCUT2D eigenvalue weighted by Crippen LogP contribution is -2.47. The molecule has 0 aliphatic carbocycles. The first-order chi connectivity index (χ1) is 10.3. The van der Waals surface area contributed by atoms with E-state index < -0.39 is 0 Å². The molecule has 0 aromatic heterocycles. The first kappa shape index (κ1) is 14.2. The van der Waals surface area contributed by atoms with Crippen LogP contribution in [0.15, 0.2) is 30.3 Å². The number of nitrogens with zero attached hydrogens (tertiary/aromatic N) is 2. The van der Waals surface area contributed by atoms with Gasteiger partial charge in [-0.2, -0.15) is 0 Å². The van der Waals surface area contributed by atoms with Crippen molar-refractivity contribution in [3.8, 4) is 0 Å². The van der Waals surface area contributed by atoms with E-state index in [0.29, 0.717) is 32.6 Å². The maximum absolute atomic E-state index is 12.5. The molecule has 21 heavy (non-hydrogen) atoms. The number of carbonyl (C=O) groups is 2. The van der Waals surface area contributed by atoms with Crippen molar-refractivity contribution in [2.24, 2.45) is 0 Å². The molecule has 2 heterocycles. The molecule has 1 aromatic carbocycles. The molecular formula is C16H20N2O3. The van der Waals surface area contributed by atoms with Gasteiger partial charge < -0.3 is 4.74 Å². The van der Waals surface area contributed by atoms with Crippen LogP contribution in [0.5, 0.6) is 0 Å². The Labute approximate surface area is 124 Å². The van der Waals surface area contributed by atoms with E-state index >= 15 is 0 Å². The summed E-state index contributed by atoms with van der Waals surface area (Å²) < 4.78 is 5.30. The molecule has 0 bridgehead atoms. The van der Waals surface area contributed by atoms with E-state index in [-0.39, 0.29) is 17.9 Å². The van der Waals surface area contributed by atoms with Gasteiger partial charge >= 0.3 is 0 Å². The van der Waals surface area contributed by atoms with Crippen molar-refractivity contribution >= 4 is 11.8 Å². The standard InChI is InChI=1S/C16H20N2O3/c19-15-12-14(17-8-10-21-11-9-17)16(20)18(15)7-6-13-4-2-1-3-5-13/h1-5,14H,6-12H2/t14-/m1/s1. The molecule has 1 aromatic rings. The van der Waals surface area contributed by atoms with Gasteiger partial charge in [-0.3, -0.25) is 19.4 Å². The second-order valence-electron chi connectivity index (χ2n) is 5.49. The van der Waals surface area contributed by atoms with Crippen LogP contribution in [0.25, 0.3) is 0 Å². The molecule has 5 heteroatoms. The van der Waals surface area contributed by atoms with Crippen molar-refractivity contribution in [3.05, 3.63) is 35.9 Å². The van der Waals surface area contributed by atoms with E-state index in [1.165, 1.54) is 4.90 Å². The quantitative estimate of drug-likeness (QED) is 0.765. The summed E-state index contributed by atoms with van der Waals surface area (Å²) >= 11 is 0. The first-order valence-corrected chi connectivity index (χ1v) is 7.45. The molecule has 0 N–H and O–H groups in total. The van der Waals surface area contributed by atoms with Crippen LogP contribution in [0.3, 0.4) is 0 Å². The van der Waals surface area contributed by atoms with Crippen LogP contribution < -0.4 is 0 Å². The highest BCUT2D eigenvalue weighted by atomic mass is 16.5. The lowest BCUT2D eigenvalue weighted by molar-refractivity contribution is -0.140. The van der Waals surface area contributed by atoms with Crippen molar-refractivity contribution in [3.63, 3.8) is 0 Å². The van der Waals surface area contributed by atoms with E-state index in [2.05, 4.69) is 4.90 Å². The highest BCUT2D eigenvalue weighted by molar-refractivity contribution is 6.05. The Hall–Kier alpha value is -1.72. The van der Waals surface area contributed by atoms with Gasteiger partial charge in [0.1, 0.15) is 0 Å². The SMILES string of the molecule is O=C1C[C@@H](N2CCOCC2)C(=O)N1CCc1ccccc1. The van der Waals surface area contributed by atoms with Gasteiger partial charge in [0.15, 0.2) is 0 Å². The summed E-state index contributed by atoms with van der Waals surface area (Å²) in [4.78, 5) is 28.1. The molecule has 112 valence electrons. The number of ether oxygens (including phenoxy) is 1. The van der Waals surface area contributed by atoms with Crippen LogP contribution in [-0.4, -0.2) is 60.5 Å². The third-order valence-corrected chi connectivity index (χ3v) is 4.17. The van der Waals surface area contributed by atoms with Crippen molar-refractivity contribution in [2.45, 2.75) is 18.9 Å². The van der Waals surface area contributed by atoms with Crippen LogP contribution in [-0.2, 0) is 20.7 Å². The van der Waals surface area contributed by atoms with E-state index in [0.717, 1.165) is 18.7 Å². The summed E-state index contributed by atoms with van der Waals surface area (Å²) in [6.45, 7) is 3.22. The molecule has 2 aliphatic rings. The zero-order chi connectivity index (χ0) is 14.7. The molecule has 0 unspecified atom stereocenters. The summed E-state index contributed by atoms with van der Waals surface area (Å²) in [6, 6.07) is 9.66. The van der Waals surface area contributed by atoms with E-state index in [9.17, 15) is 9.59 Å². The number of amides is 2. The predicted molar refractivity (Wildman–Crippen MR) is 77.7 cm³/mol. The summed E-state index contributed by atoms with van der Waals surface area (Å²) in [5.74, 6) is -0.0924. The van der Waals surface area contributed by atoms with Gasteiger partial charge in [-0.15, -0.1) is 0 Å². The van der Waals surface area contributed by atoms with Crippen molar-refractivity contribution in [1.82, 2.24) is 9.80 Å². The smallest absolute Gasteiger partial charge is 0.247 e. The molecule has 5 nitrogen and oxygen atoms in total. The maximum Gasteiger partial charge on any atom is 0.247 e. The summed E-state index contributed by atoms with van der Waals surface area (Å²) in [7, 11) is 0. The fourth-order valence-electron chi connectivity index (χ4n) is 2.96. The normalized spacial score (nSPS) is 23.8. The Morgan fingerprint density at radius 1 is 1.10 bits per heavy atom. The molecular weight excluding hydrogens is 268 g/mol. The van der Waals surface area contributed by atoms with Crippen molar-refractivity contribution in [2.75, 3.05) is 32.8 Å². The van der Waals surface area contributed by atoms with Gasteiger partial charge in [0.2, 0.25) is 11.8 Å². The van der Waals surface area contributed by atoms with Crippen molar-refractivity contribution in [1.29, 1.82) is 0 Å². The lowest BCUT2D eigenvalue weighted by atomic mass is 10.1. The number of benzene rings is 1. The Morgan fingerprint density at radius 2 is 1.81 bits per heavy atom. The molecule has 2 saturated heterocycles. The van der Waals surface area contributed by atoms with Crippen LogP contribution in [0.2, 0.25) is 0 Å². The predicted octanol–water partition coefficient (Wildman–Crippen LogP) is 0.689. The van der Waals surface area contributed by atoms with Crippen LogP contribution in [0.1, 0.15) is 12.0 Å². The minimum absolute atomic E-state index is 0.0437. The Morgan fingerprint density at radius 3 is 2.52 bits per heavy atom. The van der Waals surface area contributed by atoms with Gasteiger partial charge in [-0.05, 0) is 12.0 Å². The third kappa shape index (κ3) is 3.14. The van der Waals surface area contributed by atoms with Crippen LogP contribution in [0.4, 0.5) is 0 Å². The van der Waals surface area contributed by atoms with E-state index in [1.807, 2.05) is 30.3 Å². The zero-order valence-corrected chi connectivity index (χ0v) is 12.0. The van der Waals surface area contributed by atoms with Crippen LogP contribution in [0, 0.1) is 0 Å². The minimum atomic E-state index is -0.280. The lowest BCUT2D eigenvalue weighted by Gasteiger charge is -2.30. The highest BCUT2D eigenvalue weighted by Crippen LogP contribution is 2.20. The molecule has 2 aliphatic heterocycles. The average molecular weight is 288 g/mol. The third-order valence-electron chi connectivity index (χ3n) is 4.17. The zero-order valence-electron chi connectivity index (χ0n) is 12.0.